The first-order valence-electron chi connectivity index (χ1n) is 7.18. The average Bonchev–Trinajstić information content (AvgIpc) is 2.74. The Labute approximate surface area is 116 Å². The summed E-state index contributed by atoms with van der Waals surface area (Å²) < 4.78 is 39.8. The molecule has 0 unspecified atom stereocenters. The smallest absolute Gasteiger partial charge is 0.161 e. The number of benzene rings is 1. The molecule has 0 aromatic heterocycles. The third-order valence-corrected chi connectivity index (χ3v) is 4.66. The standard InChI is InChI=1S/C15H19F3N2/c16-12-7-14(18)13(17)5-8(12)6-15(19)9-3-10-1-2-11(4-9)20-10/h5,7,9-11,15,20H,1-4,6,19H2/t9-,10-,11+,15-/m0/s1. The highest BCUT2D eigenvalue weighted by atomic mass is 19.2. The number of halogens is 3. The van der Waals surface area contributed by atoms with Crippen LogP contribution in [0, 0.1) is 23.4 Å². The van der Waals surface area contributed by atoms with Crippen molar-refractivity contribution >= 4 is 0 Å². The van der Waals surface area contributed by atoms with Crippen LogP contribution in [0.15, 0.2) is 12.1 Å². The SMILES string of the molecule is N[C@@H](Cc1cc(F)c(F)cc1F)[C@@H]1C[C@H]2CC[C@@H](C1)N2. The molecule has 2 aliphatic rings. The van der Waals surface area contributed by atoms with Crippen molar-refractivity contribution < 1.29 is 13.2 Å². The van der Waals surface area contributed by atoms with E-state index in [1.54, 1.807) is 0 Å². The van der Waals surface area contributed by atoms with Crippen LogP contribution in [0.25, 0.3) is 0 Å². The predicted octanol–water partition coefficient (Wildman–Crippen LogP) is 2.50. The van der Waals surface area contributed by atoms with E-state index in [-0.39, 0.29) is 18.0 Å². The lowest BCUT2D eigenvalue weighted by Crippen LogP contribution is -2.45. The van der Waals surface area contributed by atoms with Gasteiger partial charge in [0.05, 0.1) is 0 Å². The minimum Gasteiger partial charge on any atom is -0.327 e. The van der Waals surface area contributed by atoms with Crippen molar-refractivity contribution in [3.8, 4) is 0 Å². The molecule has 5 heteroatoms. The topological polar surface area (TPSA) is 38.0 Å². The molecule has 110 valence electrons. The summed E-state index contributed by atoms with van der Waals surface area (Å²) in [7, 11) is 0. The van der Waals surface area contributed by atoms with Crippen LogP contribution in [0.1, 0.15) is 31.2 Å². The lowest BCUT2D eigenvalue weighted by molar-refractivity contribution is 0.259. The van der Waals surface area contributed by atoms with E-state index in [1.807, 2.05) is 0 Å². The number of nitrogens with one attached hydrogen (secondary N) is 1. The van der Waals surface area contributed by atoms with Gasteiger partial charge in [0, 0.05) is 24.2 Å². The summed E-state index contributed by atoms with van der Waals surface area (Å²) in [5.41, 5.74) is 6.35. The van der Waals surface area contributed by atoms with Crippen molar-refractivity contribution in [1.29, 1.82) is 0 Å². The molecule has 2 fully saturated rings. The van der Waals surface area contributed by atoms with E-state index >= 15 is 0 Å². The fourth-order valence-corrected chi connectivity index (χ4v) is 3.59. The highest BCUT2D eigenvalue weighted by molar-refractivity contribution is 5.21. The predicted molar refractivity (Wildman–Crippen MR) is 70.7 cm³/mol. The quantitative estimate of drug-likeness (QED) is 0.837. The Morgan fingerprint density at radius 2 is 1.65 bits per heavy atom. The van der Waals surface area contributed by atoms with Gasteiger partial charge in [0.2, 0.25) is 0 Å². The molecule has 2 saturated heterocycles. The number of hydrogen-bond acceptors (Lipinski definition) is 2. The highest BCUT2D eigenvalue weighted by Crippen LogP contribution is 2.33. The van der Waals surface area contributed by atoms with Gasteiger partial charge in [-0.3, -0.25) is 0 Å². The summed E-state index contributed by atoms with van der Waals surface area (Å²) in [6.45, 7) is 0. The summed E-state index contributed by atoms with van der Waals surface area (Å²) in [6.07, 6.45) is 4.58. The molecule has 1 aromatic rings. The van der Waals surface area contributed by atoms with Gasteiger partial charge in [-0.15, -0.1) is 0 Å². The van der Waals surface area contributed by atoms with Gasteiger partial charge in [0.15, 0.2) is 11.6 Å². The Balaban J connectivity index is 1.69. The molecule has 20 heavy (non-hydrogen) atoms. The fraction of sp³-hybridized carbons (Fsp3) is 0.600. The molecule has 0 spiro atoms. The van der Waals surface area contributed by atoms with Gasteiger partial charge in [-0.05, 0) is 49.7 Å². The van der Waals surface area contributed by atoms with E-state index in [0.29, 0.717) is 24.1 Å². The number of nitrogens with two attached hydrogens (primary N) is 1. The van der Waals surface area contributed by atoms with Crippen LogP contribution in [0.2, 0.25) is 0 Å². The Morgan fingerprint density at radius 1 is 1.05 bits per heavy atom. The van der Waals surface area contributed by atoms with Crippen molar-refractivity contribution in [3.05, 3.63) is 35.1 Å². The number of piperidine rings is 1. The highest BCUT2D eigenvalue weighted by Gasteiger charge is 2.36. The van der Waals surface area contributed by atoms with Crippen LogP contribution in [-0.2, 0) is 6.42 Å². The van der Waals surface area contributed by atoms with Crippen LogP contribution in [0.3, 0.4) is 0 Å². The Bertz CT molecular complexity index is 494. The molecule has 2 nitrogen and oxygen atoms in total. The number of hydrogen-bond donors (Lipinski definition) is 2. The summed E-state index contributed by atoms with van der Waals surface area (Å²) in [5.74, 6) is -2.56. The Kier molecular flexibility index (Phi) is 3.73. The molecule has 1 aromatic carbocycles. The van der Waals surface area contributed by atoms with Crippen molar-refractivity contribution in [2.24, 2.45) is 11.7 Å². The fourth-order valence-electron chi connectivity index (χ4n) is 3.59. The third-order valence-electron chi connectivity index (χ3n) is 4.66. The number of rotatable bonds is 3. The molecule has 4 atom stereocenters. The van der Waals surface area contributed by atoms with Gasteiger partial charge >= 0.3 is 0 Å². The third kappa shape index (κ3) is 2.69. The first kappa shape index (κ1) is 13.9. The van der Waals surface area contributed by atoms with Crippen molar-refractivity contribution in [1.82, 2.24) is 5.32 Å². The van der Waals surface area contributed by atoms with Crippen molar-refractivity contribution in [3.63, 3.8) is 0 Å². The Morgan fingerprint density at radius 3 is 2.30 bits per heavy atom. The molecule has 0 saturated carbocycles. The average molecular weight is 284 g/mol. The first-order chi connectivity index (χ1) is 9.52. The van der Waals surface area contributed by atoms with Crippen molar-refractivity contribution in [2.75, 3.05) is 0 Å². The van der Waals surface area contributed by atoms with Gasteiger partial charge in [0.1, 0.15) is 5.82 Å². The van der Waals surface area contributed by atoms with Gasteiger partial charge in [-0.25, -0.2) is 13.2 Å². The van der Waals surface area contributed by atoms with E-state index in [0.717, 1.165) is 18.9 Å². The van der Waals surface area contributed by atoms with Crippen LogP contribution in [0.4, 0.5) is 13.2 Å². The summed E-state index contributed by atoms with van der Waals surface area (Å²) in [4.78, 5) is 0. The minimum atomic E-state index is -1.15. The van der Waals surface area contributed by atoms with E-state index in [2.05, 4.69) is 5.32 Å². The molecule has 3 rings (SSSR count). The van der Waals surface area contributed by atoms with Crippen LogP contribution in [0.5, 0.6) is 0 Å². The Hall–Kier alpha value is -1.07. The monoisotopic (exact) mass is 284 g/mol. The molecule has 0 aliphatic carbocycles. The molecule has 0 amide bonds. The van der Waals surface area contributed by atoms with E-state index in [1.165, 1.54) is 12.8 Å². The molecule has 2 aliphatic heterocycles. The summed E-state index contributed by atoms with van der Waals surface area (Å²) in [5, 5.41) is 3.53. The molecule has 3 N–H and O–H groups in total. The summed E-state index contributed by atoms with van der Waals surface area (Å²) in [6, 6.07) is 2.35. The zero-order valence-electron chi connectivity index (χ0n) is 11.2. The second kappa shape index (κ2) is 5.37. The van der Waals surface area contributed by atoms with E-state index in [4.69, 9.17) is 5.73 Å². The molecular weight excluding hydrogens is 265 g/mol. The van der Waals surface area contributed by atoms with E-state index in [9.17, 15) is 13.2 Å². The van der Waals surface area contributed by atoms with Crippen molar-refractivity contribution in [2.45, 2.75) is 50.2 Å². The van der Waals surface area contributed by atoms with E-state index < -0.39 is 17.5 Å². The van der Waals surface area contributed by atoms with Gasteiger partial charge in [-0.1, -0.05) is 0 Å². The molecule has 2 bridgehead atoms. The minimum absolute atomic E-state index is 0.169. The second-order valence-electron chi connectivity index (χ2n) is 6.10. The van der Waals surface area contributed by atoms with Gasteiger partial charge in [0.25, 0.3) is 0 Å². The lowest BCUT2D eigenvalue weighted by atomic mass is 9.84. The largest absolute Gasteiger partial charge is 0.327 e. The van der Waals surface area contributed by atoms with Crippen LogP contribution in [-0.4, -0.2) is 18.1 Å². The second-order valence-corrected chi connectivity index (χ2v) is 6.10. The normalized spacial score (nSPS) is 30.5. The maximum Gasteiger partial charge on any atom is 0.161 e. The zero-order chi connectivity index (χ0) is 14.3. The zero-order valence-corrected chi connectivity index (χ0v) is 11.2. The molecule has 2 heterocycles. The van der Waals surface area contributed by atoms with Crippen LogP contribution < -0.4 is 11.1 Å². The molecular formula is C15H19F3N2. The van der Waals surface area contributed by atoms with Gasteiger partial charge in [-0.2, -0.15) is 0 Å². The number of fused-ring (bicyclic) bond motifs is 2. The maximum absolute atomic E-state index is 13.6. The van der Waals surface area contributed by atoms with Gasteiger partial charge < -0.3 is 11.1 Å². The summed E-state index contributed by atoms with van der Waals surface area (Å²) >= 11 is 0. The van der Waals surface area contributed by atoms with Crippen LogP contribution >= 0.6 is 0 Å². The molecule has 0 radical (unpaired) electrons. The first-order valence-corrected chi connectivity index (χ1v) is 7.18. The lowest BCUT2D eigenvalue weighted by Gasteiger charge is -2.33. The maximum atomic E-state index is 13.6.